The van der Waals surface area contributed by atoms with Gasteiger partial charge in [0.05, 0.1) is 6.61 Å². The Morgan fingerprint density at radius 1 is 0.841 bits per heavy atom. The molecule has 0 unspecified atom stereocenters. The van der Waals surface area contributed by atoms with Crippen LogP contribution in [-0.2, 0) is 26.4 Å². The van der Waals surface area contributed by atoms with Gasteiger partial charge in [-0.1, -0.05) is 91.0 Å². The molecule has 1 amide bonds. The van der Waals surface area contributed by atoms with E-state index < -0.39 is 17.2 Å². The molecule has 2 heterocycles. The monoisotopic (exact) mass is 596 g/mol. The summed E-state index contributed by atoms with van der Waals surface area (Å²) in [6.45, 7) is 9.73. The van der Waals surface area contributed by atoms with Crippen molar-refractivity contribution in [2.24, 2.45) is 5.92 Å². The summed E-state index contributed by atoms with van der Waals surface area (Å²) >= 11 is 0. The van der Waals surface area contributed by atoms with E-state index >= 15 is 0 Å². The summed E-state index contributed by atoms with van der Waals surface area (Å²) in [6, 6.07) is 26.9. The third kappa shape index (κ3) is 7.76. The van der Waals surface area contributed by atoms with Gasteiger partial charge < -0.3 is 19.5 Å². The standard InChI is InChI=1S/C37H44N2O5/c1-36(2,3)44-35(41)39-24-20-31(21-25-39)30-14-16-33(17-15-30)37(42,32-12-8-5-9-13-32)34(40)43-27-29-18-22-38(23-19-29)26-28-10-6-4-7-11-28/h4-17,20,29,42H,18-19,21-27H2,1-3H3/t37-/m0/s1. The molecule has 0 bridgehead atoms. The van der Waals surface area contributed by atoms with Crippen LogP contribution in [0.5, 0.6) is 0 Å². The van der Waals surface area contributed by atoms with Crippen LogP contribution in [0, 0.1) is 5.92 Å². The lowest BCUT2D eigenvalue weighted by atomic mass is 9.85. The van der Waals surface area contributed by atoms with Crippen LogP contribution in [-0.4, -0.2) is 65.4 Å². The maximum atomic E-state index is 13.7. The van der Waals surface area contributed by atoms with Crippen molar-refractivity contribution in [1.82, 2.24) is 9.80 Å². The molecule has 0 saturated carbocycles. The van der Waals surface area contributed by atoms with E-state index in [2.05, 4.69) is 29.2 Å². The van der Waals surface area contributed by atoms with Crippen molar-refractivity contribution in [3.63, 3.8) is 0 Å². The van der Waals surface area contributed by atoms with Crippen molar-refractivity contribution in [2.45, 2.75) is 57.8 Å². The number of rotatable bonds is 8. The molecule has 1 atom stereocenters. The highest BCUT2D eigenvalue weighted by atomic mass is 16.6. The smallest absolute Gasteiger partial charge is 0.410 e. The Bertz CT molecular complexity index is 1420. The number of carbonyl (C=O) groups is 2. The summed E-state index contributed by atoms with van der Waals surface area (Å²) < 4.78 is 11.4. The first-order valence-electron chi connectivity index (χ1n) is 15.6. The third-order valence-electron chi connectivity index (χ3n) is 8.43. The Morgan fingerprint density at radius 3 is 2.05 bits per heavy atom. The van der Waals surface area contributed by atoms with Crippen molar-refractivity contribution in [3.8, 4) is 0 Å². The van der Waals surface area contributed by atoms with E-state index in [-0.39, 0.29) is 18.6 Å². The van der Waals surface area contributed by atoms with Crippen LogP contribution in [0.3, 0.4) is 0 Å². The molecule has 1 fully saturated rings. The SMILES string of the molecule is CC(C)(C)OC(=O)N1CC=C(c2ccc([C@](O)(C(=O)OCC3CCN(Cc4ccccc4)CC3)c3ccccc3)cc2)CC1. The second-order valence-electron chi connectivity index (χ2n) is 12.9. The Labute approximate surface area is 261 Å². The molecule has 1 saturated heterocycles. The van der Waals surface area contributed by atoms with Gasteiger partial charge in [-0.2, -0.15) is 0 Å². The molecule has 1 N–H and O–H groups in total. The minimum absolute atomic E-state index is 0.256. The van der Waals surface area contributed by atoms with Gasteiger partial charge in [0, 0.05) is 19.6 Å². The van der Waals surface area contributed by atoms with Crippen LogP contribution in [0.1, 0.15) is 62.3 Å². The van der Waals surface area contributed by atoms with Gasteiger partial charge in [0.2, 0.25) is 5.60 Å². The van der Waals surface area contributed by atoms with Crippen LogP contribution in [0.4, 0.5) is 4.79 Å². The zero-order valence-electron chi connectivity index (χ0n) is 26.1. The number of hydrogen-bond acceptors (Lipinski definition) is 6. The lowest BCUT2D eigenvalue weighted by molar-refractivity contribution is -0.164. The maximum Gasteiger partial charge on any atom is 0.410 e. The first-order valence-corrected chi connectivity index (χ1v) is 15.6. The quantitative estimate of drug-likeness (QED) is 0.303. The lowest BCUT2D eigenvalue weighted by Crippen LogP contribution is -2.40. The second-order valence-corrected chi connectivity index (χ2v) is 12.9. The summed E-state index contributed by atoms with van der Waals surface area (Å²) in [7, 11) is 0. The zero-order valence-corrected chi connectivity index (χ0v) is 26.1. The van der Waals surface area contributed by atoms with Gasteiger partial charge in [-0.05, 0) is 86.9 Å². The molecule has 0 spiro atoms. The average molecular weight is 597 g/mol. The number of amides is 1. The molecule has 2 aliphatic heterocycles. The molecule has 2 aliphatic rings. The fourth-order valence-electron chi connectivity index (χ4n) is 5.88. The Kier molecular flexibility index (Phi) is 9.87. The third-order valence-corrected chi connectivity index (χ3v) is 8.43. The molecule has 0 aromatic heterocycles. The summed E-state index contributed by atoms with van der Waals surface area (Å²) in [5, 5.41) is 12.0. The number of benzene rings is 3. The second kappa shape index (κ2) is 13.8. The van der Waals surface area contributed by atoms with Crippen molar-refractivity contribution in [3.05, 3.63) is 113 Å². The topological polar surface area (TPSA) is 79.3 Å². The van der Waals surface area contributed by atoms with Crippen LogP contribution < -0.4 is 0 Å². The molecule has 7 nitrogen and oxygen atoms in total. The molecule has 7 heteroatoms. The normalized spacial score (nSPS) is 17.8. The summed E-state index contributed by atoms with van der Waals surface area (Å²) in [5.41, 5.74) is 1.88. The van der Waals surface area contributed by atoms with Crippen LogP contribution in [0.15, 0.2) is 91.0 Å². The fraction of sp³-hybridized carbons (Fsp3) is 0.405. The van der Waals surface area contributed by atoms with Gasteiger partial charge in [0.25, 0.3) is 0 Å². The number of aliphatic hydroxyl groups is 1. The van der Waals surface area contributed by atoms with Crippen molar-refractivity contribution < 1.29 is 24.2 Å². The molecule has 0 aliphatic carbocycles. The van der Waals surface area contributed by atoms with E-state index in [9.17, 15) is 14.7 Å². The number of ether oxygens (including phenoxy) is 2. The van der Waals surface area contributed by atoms with E-state index in [4.69, 9.17) is 9.47 Å². The van der Waals surface area contributed by atoms with Gasteiger partial charge >= 0.3 is 12.1 Å². The van der Waals surface area contributed by atoms with Crippen LogP contribution in [0.2, 0.25) is 0 Å². The van der Waals surface area contributed by atoms with E-state index in [1.807, 2.05) is 63.2 Å². The maximum absolute atomic E-state index is 13.7. The van der Waals surface area contributed by atoms with Crippen molar-refractivity contribution in [2.75, 3.05) is 32.8 Å². The van der Waals surface area contributed by atoms with Crippen LogP contribution in [0.25, 0.3) is 5.57 Å². The van der Waals surface area contributed by atoms with Gasteiger partial charge in [-0.3, -0.25) is 4.90 Å². The Hall–Kier alpha value is -3.94. The molecular weight excluding hydrogens is 552 g/mol. The van der Waals surface area contributed by atoms with E-state index in [0.29, 0.717) is 30.6 Å². The Balaban J connectivity index is 1.23. The van der Waals surface area contributed by atoms with Gasteiger partial charge in [0.1, 0.15) is 5.60 Å². The first-order chi connectivity index (χ1) is 21.1. The number of carbonyl (C=O) groups excluding carboxylic acids is 2. The summed E-state index contributed by atoms with van der Waals surface area (Å²) in [6.07, 6.45) is 4.30. The molecule has 5 rings (SSSR count). The highest BCUT2D eigenvalue weighted by Gasteiger charge is 2.42. The minimum atomic E-state index is -1.93. The molecule has 232 valence electrons. The Morgan fingerprint density at radius 2 is 1.45 bits per heavy atom. The van der Waals surface area contributed by atoms with E-state index in [1.165, 1.54) is 5.56 Å². The van der Waals surface area contributed by atoms with E-state index in [0.717, 1.165) is 43.6 Å². The zero-order chi connectivity index (χ0) is 31.2. The number of likely N-dealkylation sites (tertiary alicyclic amines) is 1. The summed E-state index contributed by atoms with van der Waals surface area (Å²) in [4.78, 5) is 30.2. The predicted molar refractivity (Wildman–Crippen MR) is 172 cm³/mol. The van der Waals surface area contributed by atoms with Gasteiger partial charge in [-0.15, -0.1) is 0 Å². The van der Waals surface area contributed by atoms with Gasteiger partial charge in [0.15, 0.2) is 0 Å². The molecule has 3 aromatic rings. The minimum Gasteiger partial charge on any atom is -0.463 e. The molecule has 0 radical (unpaired) electrons. The summed E-state index contributed by atoms with van der Waals surface area (Å²) in [5.74, 6) is -0.403. The number of piperidine rings is 1. The van der Waals surface area contributed by atoms with Crippen molar-refractivity contribution in [1.29, 1.82) is 0 Å². The largest absolute Gasteiger partial charge is 0.463 e. The van der Waals surface area contributed by atoms with Crippen molar-refractivity contribution >= 4 is 17.6 Å². The fourth-order valence-corrected chi connectivity index (χ4v) is 5.88. The number of hydrogen-bond donors (Lipinski definition) is 1. The molecule has 3 aromatic carbocycles. The highest BCUT2D eigenvalue weighted by molar-refractivity contribution is 5.85. The molecular formula is C37H44N2O5. The lowest BCUT2D eigenvalue weighted by Gasteiger charge is -2.33. The number of nitrogens with zero attached hydrogens (tertiary/aromatic N) is 2. The number of esters is 1. The van der Waals surface area contributed by atoms with E-state index in [1.54, 1.807) is 29.2 Å². The average Bonchev–Trinajstić information content (AvgIpc) is 3.04. The van der Waals surface area contributed by atoms with Gasteiger partial charge in [-0.25, -0.2) is 9.59 Å². The van der Waals surface area contributed by atoms with Crippen LogP contribution >= 0.6 is 0 Å². The first kappa shape index (κ1) is 31.5. The predicted octanol–water partition coefficient (Wildman–Crippen LogP) is 6.40. The highest BCUT2D eigenvalue weighted by Crippen LogP contribution is 2.33. The molecule has 44 heavy (non-hydrogen) atoms.